The minimum Gasteiger partial charge on any atom is -0.438 e. The molecule has 0 bridgehead atoms. The minimum absolute atomic E-state index is 0.0242. The summed E-state index contributed by atoms with van der Waals surface area (Å²) in [6.07, 6.45) is 6.95. The van der Waals surface area contributed by atoms with E-state index in [-0.39, 0.29) is 17.7 Å². The van der Waals surface area contributed by atoms with E-state index >= 15 is 0 Å². The molecular formula is C25H25N5O3S. The van der Waals surface area contributed by atoms with Gasteiger partial charge in [-0.05, 0) is 55.0 Å². The minimum atomic E-state index is -0.148. The van der Waals surface area contributed by atoms with Crippen molar-refractivity contribution in [1.82, 2.24) is 14.6 Å². The van der Waals surface area contributed by atoms with Crippen LogP contribution in [0.2, 0.25) is 0 Å². The number of thiophene rings is 1. The van der Waals surface area contributed by atoms with Gasteiger partial charge in [0.25, 0.3) is 5.91 Å². The Hall–Kier alpha value is -3.72. The quantitative estimate of drug-likeness (QED) is 0.375. The van der Waals surface area contributed by atoms with Crippen LogP contribution in [0.15, 0.2) is 54.0 Å². The van der Waals surface area contributed by atoms with Crippen molar-refractivity contribution < 1.29 is 14.3 Å². The van der Waals surface area contributed by atoms with Crippen molar-refractivity contribution in [2.45, 2.75) is 39.0 Å². The lowest BCUT2D eigenvalue weighted by Crippen LogP contribution is -2.24. The maximum atomic E-state index is 12.5. The van der Waals surface area contributed by atoms with Crippen LogP contribution in [0.1, 0.15) is 47.3 Å². The summed E-state index contributed by atoms with van der Waals surface area (Å²) in [7, 11) is 0. The molecule has 0 saturated heterocycles. The highest BCUT2D eigenvalue weighted by atomic mass is 32.1. The van der Waals surface area contributed by atoms with Crippen LogP contribution in [0.25, 0.3) is 5.65 Å². The third-order valence-corrected chi connectivity index (χ3v) is 6.92. The molecule has 0 aliphatic heterocycles. The predicted molar refractivity (Wildman–Crippen MR) is 132 cm³/mol. The van der Waals surface area contributed by atoms with Crippen molar-refractivity contribution in [2.24, 2.45) is 5.92 Å². The zero-order chi connectivity index (χ0) is 23.5. The van der Waals surface area contributed by atoms with Gasteiger partial charge in [0.05, 0.1) is 11.1 Å². The van der Waals surface area contributed by atoms with Crippen LogP contribution in [0.3, 0.4) is 0 Å². The van der Waals surface area contributed by atoms with Gasteiger partial charge in [-0.2, -0.15) is 0 Å². The number of nitrogens with zero attached hydrogens (tertiary/aromatic N) is 3. The Morgan fingerprint density at radius 1 is 1.09 bits per heavy atom. The Kier molecular flexibility index (Phi) is 6.27. The fraction of sp³-hybridized carbons (Fsp3) is 0.280. The number of fused-ring (bicyclic) bond motifs is 1. The van der Waals surface area contributed by atoms with Gasteiger partial charge in [0.15, 0.2) is 11.5 Å². The fourth-order valence-corrected chi connectivity index (χ4v) is 4.94. The van der Waals surface area contributed by atoms with Crippen molar-refractivity contribution in [2.75, 3.05) is 10.6 Å². The number of carbonyl (C=O) groups is 2. The van der Waals surface area contributed by atoms with E-state index in [0.717, 1.165) is 31.2 Å². The molecule has 9 heteroatoms. The zero-order valence-corrected chi connectivity index (χ0v) is 19.6. The molecule has 174 valence electrons. The molecule has 1 aromatic carbocycles. The number of aryl methyl sites for hydroxylation is 1. The summed E-state index contributed by atoms with van der Waals surface area (Å²) in [5.74, 6) is 1.32. The topological polar surface area (TPSA) is 97.6 Å². The van der Waals surface area contributed by atoms with Crippen LogP contribution < -0.4 is 15.4 Å². The van der Waals surface area contributed by atoms with E-state index in [4.69, 9.17) is 4.74 Å². The van der Waals surface area contributed by atoms with Crippen molar-refractivity contribution in [3.05, 3.63) is 64.5 Å². The molecule has 1 fully saturated rings. The third-order valence-electron chi connectivity index (χ3n) is 5.91. The normalized spacial score (nSPS) is 14.1. The maximum absolute atomic E-state index is 12.5. The SMILES string of the molecule is Cc1ccsc1C(=O)Nc1cccc(Oc2ccc3nc(NC(=O)C4CCCCC4)cn3n2)c1. The smallest absolute Gasteiger partial charge is 0.265 e. The molecule has 4 aromatic rings. The number of hydrogen-bond donors (Lipinski definition) is 2. The number of imidazole rings is 1. The molecule has 0 spiro atoms. The van der Waals surface area contributed by atoms with Crippen LogP contribution >= 0.6 is 11.3 Å². The Morgan fingerprint density at radius 3 is 2.74 bits per heavy atom. The second kappa shape index (κ2) is 9.64. The standard InChI is InChI=1S/C25H25N5O3S/c1-16-12-13-34-23(16)25(32)26-18-8-5-9-19(14-18)33-22-11-10-21-27-20(15-30(21)29-22)28-24(31)17-6-3-2-4-7-17/h5,8-15,17H,2-4,6-7H2,1H3,(H,26,32)(H,28,31). The molecule has 3 aromatic heterocycles. The molecule has 2 amide bonds. The Bertz CT molecular complexity index is 1340. The average Bonchev–Trinajstić information content (AvgIpc) is 3.45. The summed E-state index contributed by atoms with van der Waals surface area (Å²) in [4.78, 5) is 30.1. The van der Waals surface area contributed by atoms with E-state index in [2.05, 4.69) is 20.7 Å². The molecular weight excluding hydrogens is 450 g/mol. The van der Waals surface area contributed by atoms with Gasteiger partial charge in [-0.15, -0.1) is 16.4 Å². The monoisotopic (exact) mass is 475 g/mol. The highest BCUT2D eigenvalue weighted by Crippen LogP contribution is 2.26. The second-order valence-electron chi connectivity index (χ2n) is 8.44. The first-order valence-corrected chi connectivity index (χ1v) is 12.2. The van der Waals surface area contributed by atoms with Gasteiger partial charge in [-0.25, -0.2) is 9.50 Å². The number of anilines is 2. The number of amides is 2. The largest absolute Gasteiger partial charge is 0.438 e. The van der Waals surface area contributed by atoms with Crippen LogP contribution in [0, 0.1) is 12.8 Å². The van der Waals surface area contributed by atoms with Crippen molar-refractivity contribution >= 4 is 40.3 Å². The number of aromatic nitrogens is 3. The van der Waals surface area contributed by atoms with E-state index in [1.54, 1.807) is 41.0 Å². The molecule has 2 N–H and O–H groups in total. The van der Waals surface area contributed by atoms with E-state index in [1.807, 2.05) is 24.4 Å². The first-order valence-electron chi connectivity index (χ1n) is 11.4. The van der Waals surface area contributed by atoms with E-state index < -0.39 is 0 Å². The summed E-state index contributed by atoms with van der Waals surface area (Å²) >= 11 is 1.41. The second-order valence-corrected chi connectivity index (χ2v) is 9.36. The highest BCUT2D eigenvalue weighted by Gasteiger charge is 2.22. The van der Waals surface area contributed by atoms with Crippen LogP contribution in [0.4, 0.5) is 11.5 Å². The molecule has 3 heterocycles. The lowest BCUT2D eigenvalue weighted by atomic mass is 9.89. The summed E-state index contributed by atoms with van der Waals surface area (Å²) in [6.45, 7) is 1.91. The molecule has 1 saturated carbocycles. The Balaban J connectivity index is 1.26. The number of nitrogens with one attached hydrogen (secondary N) is 2. The number of carbonyl (C=O) groups excluding carboxylic acids is 2. The molecule has 0 atom stereocenters. The molecule has 0 unspecified atom stereocenters. The van der Waals surface area contributed by atoms with E-state index in [1.165, 1.54) is 17.8 Å². The molecule has 0 radical (unpaired) electrons. The van der Waals surface area contributed by atoms with Gasteiger partial charge in [0.1, 0.15) is 5.75 Å². The maximum Gasteiger partial charge on any atom is 0.265 e. The Labute approximate surface area is 201 Å². The van der Waals surface area contributed by atoms with Gasteiger partial charge < -0.3 is 15.4 Å². The molecule has 8 nitrogen and oxygen atoms in total. The first-order chi connectivity index (χ1) is 16.5. The van der Waals surface area contributed by atoms with Gasteiger partial charge in [0, 0.05) is 23.7 Å². The highest BCUT2D eigenvalue weighted by molar-refractivity contribution is 7.12. The molecule has 5 rings (SSSR count). The van der Waals surface area contributed by atoms with Crippen LogP contribution in [-0.4, -0.2) is 26.4 Å². The third kappa shape index (κ3) is 4.94. The molecule has 1 aliphatic rings. The van der Waals surface area contributed by atoms with Crippen molar-refractivity contribution in [3.63, 3.8) is 0 Å². The zero-order valence-electron chi connectivity index (χ0n) is 18.8. The van der Waals surface area contributed by atoms with Gasteiger partial charge in [0.2, 0.25) is 11.8 Å². The summed E-state index contributed by atoms with van der Waals surface area (Å²) in [6, 6.07) is 12.6. The number of rotatable bonds is 6. The van der Waals surface area contributed by atoms with E-state index in [0.29, 0.717) is 33.7 Å². The summed E-state index contributed by atoms with van der Waals surface area (Å²) < 4.78 is 7.49. The summed E-state index contributed by atoms with van der Waals surface area (Å²) in [5.41, 5.74) is 2.19. The lowest BCUT2D eigenvalue weighted by molar-refractivity contribution is -0.120. The summed E-state index contributed by atoms with van der Waals surface area (Å²) in [5, 5.41) is 12.2. The van der Waals surface area contributed by atoms with Crippen LogP contribution in [0.5, 0.6) is 11.6 Å². The van der Waals surface area contributed by atoms with E-state index in [9.17, 15) is 9.59 Å². The first kappa shape index (κ1) is 22.1. The van der Waals surface area contributed by atoms with Crippen LogP contribution in [-0.2, 0) is 4.79 Å². The van der Waals surface area contributed by atoms with Crippen molar-refractivity contribution in [1.29, 1.82) is 0 Å². The van der Waals surface area contributed by atoms with Gasteiger partial charge >= 0.3 is 0 Å². The fourth-order valence-electron chi connectivity index (χ4n) is 4.12. The van der Waals surface area contributed by atoms with Crippen molar-refractivity contribution in [3.8, 4) is 11.6 Å². The molecule has 34 heavy (non-hydrogen) atoms. The van der Waals surface area contributed by atoms with Gasteiger partial charge in [-0.1, -0.05) is 25.3 Å². The number of hydrogen-bond acceptors (Lipinski definition) is 6. The Morgan fingerprint density at radius 2 is 1.94 bits per heavy atom. The predicted octanol–water partition coefficient (Wildman–Crippen LogP) is 5.66. The number of benzene rings is 1. The number of ether oxygens (including phenoxy) is 1. The average molecular weight is 476 g/mol. The van der Waals surface area contributed by atoms with Gasteiger partial charge in [-0.3, -0.25) is 9.59 Å². The molecule has 1 aliphatic carbocycles. The lowest BCUT2D eigenvalue weighted by Gasteiger charge is -2.19.